The highest BCUT2D eigenvalue weighted by Crippen LogP contribution is 2.22. The van der Waals surface area contributed by atoms with Crippen LogP contribution >= 0.6 is 11.6 Å². The number of nitrogens with zero attached hydrogens (tertiary/aromatic N) is 2. The van der Waals surface area contributed by atoms with Crippen molar-refractivity contribution < 1.29 is 4.79 Å². The topological polar surface area (TPSA) is 68.4 Å². The van der Waals surface area contributed by atoms with Gasteiger partial charge < -0.3 is 20.1 Å². The van der Waals surface area contributed by atoms with Gasteiger partial charge in [-0.2, -0.15) is 0 Å². The van der Waals surface area contributed by atoms with E-state index in [1.54, 1.807) is 6.07 Å². The monoisotopic (exact) mass is 410 g/mol. The molecule has 150 valence electrons. The van der Waals surface area contributed by atoms with Gasteiger partial charge in [0.05, 0.1) is 6.54 Å². The van der Waals surface area contributed by atoms with Gasteiger partial charge in [0, 0.05) is 59.0 Å². The second kappa shape index (κ2) is 8.17. The Balaban J connectivity index is 1.36. The van der Waals surface area contributed by atoms with Crippen molar-refractivity contribution >= 4 is 39.8 Å². The average Bonchev–Trinajstić information content (AvgIpc) is 2.72. The van der Waals surface area contributed by atoms with Crippen LogP contribution in [0.15, 0.2) is 59.4 Å². The summed E-state index contributed by atoms with van der Waals surface area (Å²) in [7, 11) is 0. The Hall–Kier alpha value is -2.99. The first kappa shape index (κ1) is 19.3. The fraction of sp³-hybridized carbons (Fsp3) is 0.273. The molecule has 2 N–H and O–H groups in total. The molecule has 3 aromatic rings. The van der Waals surface area contributed by atoms with Crippen molar-refractivity contribution in [2.75, 3.05) is 36.4 Å². The maximum atomic E-state index is 12.8. The maximum absolute atomic E-state index is 12.8. The number of anilines is 2. The number of aromatic nitrogens is 1. The number of pyridine rings is 1. The van der Waals surface area contributed by atoms with E-state index in [2.05, 4.69) is 22.1 Å². The Morgan fingerprint density at radius 1 is 1.14 bits per heavy atom. The Bertz CT molecular complexity index is 1080. The zero-order valence-electron chi connectivity index (χ0n) is 16.2. The summed E-state index contributed by atoms with van der Waals surface area (Å²) >= 11 is 5.97. The Kier molecular flexibility index (Phi) is 5.45. The lowest BCUT2D eigenvalue weighted by Crippen LogP contribution is -2.55. The van der Waals surface area contributed by atoms with Gasteiger partial charge >= 0.3 is 0 Å². The Morgan fingerprint density at radius 3 is 2.69 bits per heavy atom. The molecule has 4 rings (SSSR count). The number of amides is 1. The van der Waals surface area contributed by atoms with Crippen molar-refractivity contribution in [2.45, 2.75) is 13.0 Å². The molecule has 2 heterocycles. The van der Waals surface area contributed by atoms with Crippen LogP contribution in [0.25, 0.3) is 10.9 Å². The average molecular weight is 411 g/mol. The van der Waals surface area contributed by atoms with Crippen LogP contribution in [-0.4, -0.2) is 48.0 Å². The van der Waals surface area contributed by atoms with Crippen LogP contribution in [0.4, 0.5) is 11.4 Å². The lowest BCUT2D eigenvalue weighted by atomic mass is 10.1. The first-order valence-corrected chi connectivity index (χ1v) is 10.0. The van der Waals surface area contributed by atoms with E-state index >= 15 is 0 Å². The lowest BCUT2D eigenvalue weighted by molar-refractivity contribution is -0.131. The fourth-order valence-corrected chi connectivity index (χ4v) is 3.88. The molecule has 1 atom stereocenters. The first-order chi connectivity index (χ1) is 14.0. The van der Waals surface area contributed by atoms with E-state index in [0.29, 0.717) is 6.54 Å². The van der Waals surface area contributed by atoms with Crippen LogP contribution in [0.5, 0.6) is 0 Å². The lowest BCUT2D eigenvalue weighted by Gasteiger charge is -2.41. The van der Waals surface area contributed by atoms with Crippen LogP contribution in [0.1, 0.15) is 6.92 Å². The van der Waals surface area contributed by atoms with Crippen molar-refractivity contribution in [3.05, 3.63) is 70.0 Å². The predicted molar refractivity (Wildman–Crippen MR) is 118 cm³/mol. The summed E-state index contributed by atoms with van der Waals surface area (Å²) < 4.78 is 0. The van der Waals surface area contributed by atoms with Gasteiger partial charge in [-0.25, -0.2) is 0 Å². The van der Waals surface area contributed by atoms with Crippen LogP contribution in [0.2, 0.25) is 5.02 Å². The standard InChI is InChI=1S/C22H23ClN4O2/c1-15-14-26(19-6-3-17(23)4-7-19)10-11-27(15)22(29)13-24-18-5-8-20-16(12-18)2-9-21(28)25-20/h2-9,12,15,24H,10-11,13-14H2,1H3,(H,25,28)/t15-/m1/s1. The molecule has 0 spiro atoms. The van der Waals surface area contributed by atoms with Crippen LogP contribution < -0.4 is 15.8 Å². The molecule has 0 saturated carbocycles. The summed E-state index contributed by atoms with van der Waals surface area (Å²) in [5.74, 6) is 0.0785. The molecular weight excluding hydrogens is 388 g/mol. The van der Waals surface area contributed by atoms with Gasteiger partial charge in [0.15, 0.2) is 0 Å². The van der Waals surface area contributed by atoms with E-state index < -0.39 is 0 Å². The molecular formula is C22H23ClN4O2. The smallest absolute Gasteiger partial charge is 0.248 e. The normalized spacial score (nSPS) is 16.8. The number of carbonyl (C=O) groups excluding carboxylic acids is 1. The molecule has 1 amide bonds. The van der Waals surface area contributed by atoms with Crippen molar-refractivity contribution in [1.29, 1.82) is 0 Å². The number of carbonyl (C=O) groups is 1. The molecule has 29 heavy (non-hydrogen) atoms. The molecule has 2 aromatic carbocycles. The number of fused-ring (bicyclic) bond motifs is 1. The molecule has 0 unspecified atom stereocenters. The minimum atomic E-state index is -0.125. The second-order valence-electron chi connectivity index (χ2n) is 7.34. The number of nitrogens with one attached hydrogen (secondary N) is 2. The highest BCUT2D eigenvalue weighted by atomic mass is 35.5. The van der Waals surface area contributed by atoms with Gasteiger partial charge in [0.25, 0.3) is 0 Å². The van der Waals surface area contributed by atoms with Gasteiger partial charge in [0.2, 0.25) is 11.5 Å². The molecule has 1 aromatic heterocycles. The highest BCUT2D eigenvalue weighted by Gasteiger charge is 2.27. The quantitative estimate of drug-likeness (QED) is 0.692. The third kappa shape index (κ3) is 4.38. The van der Waals surface area contributed by atoms with Crippen LogP contribution in [0.3, 0.4) is 0 Å². The second-order valence-corrected chi connectivity index (χ2v) is 7.77. The minimum absolute atomic E-state index is 0.0785. The SMILES string of the molecule is C[C@@H]1CN(c2ccc(Cl)cc2)CCN1C(=O)CNc1ccc2[nH]c(=O)ccc2c1. The van der Waals surface area contributed by atoms with E-state index in [4.69, 9.17) is 11.6 Å². The Labute approximate surface area is 174 Å². The number of halogens is 1. The molecule has 1 aliphatic heterocycles. The maximum Gasteiger partial charge on any atom is 0.248 e. The van der Waals surface area contributed by atoms with Gasteiger partial charge in [-0.3, -0.25) is 9.59 Å². The van der Waals surface area contributed by atoms with Crippen molar-refractivity contribution in [2.24, 2.45) is 0 Å². The third-order valence-electron chi connectivity index (χ3n) is 5.31. The van der Waals surface area contributed by atoms with Crippen molar-refractivity contribution in [3.63, 3.8) is 0 Å². The van der Waals surface area contributed by atoms with E-state index in [1.165, 1.54) is 6.07 Å². The molecule has 6 nitrogen and oxygen atoms in total. The molecule has 7 heteroatoms. The predicted octanol–water partition coefficient (Wildman–Crippen LogP) is 3.33. The highest BCUT2D eigenvalue weighted by molar-refractivity contribution is 6.30. The summed E-state index contributed by atoms with van der Waals surface area (Å²) in [6, 6.07) is 16.9. The number of aromatic amines is 1. The zero-order chi connectivity index (χ0) is 20.4. The molecule has 1 saturated heterocycles. The van der Waals surface area contributed by atoms with Crippen LogP contribution in [0, 0.1) is 0 Å². The van der Waals surface area contributed by atoms with E-state index in [1.807, 2.05) is 47.4 Å². The van der Waals surface area contributed by atoms with Gasteiger partial charge in [-0.05, 0) is 55.5 Å². The zero-order valence-corrected chi connectivity index (χ0v) is 16.9. The number of piperazine rings is 1. The number of rotatable bonds is 4. The van der Waals surface area contributed by atoms with E-state index in [-0.39, 0.29) is 24.1 Å². The minimum Gasteiger partial charge on any atom is -0.376 e. The number of benzene rings is 2. The number of hydrogen-bond donors (Lipinski definition) is 2. The molecule has 0 bridgehead atoms. The largest absolute Gasteiger partial charge is 0.376 e. The molecule has 1 fully saturated rings. The summed E-state index contributed by atoms with van der Waals surface area (Å²) in [4.78, 5) is 31.1. The van der Waals surface area contributed by atoms with Gasteiger partial charge in [-0.15, -0.1) is 0 Å². The van der Waals surface area contributed by atoms with E-state index in [9.17, 15) is 9.59 Å². The first-order valence-electron chi connectivity index (χ1n) is 9.66. The molecule has 0 radical (unpaired) electrons. The third-order valence-corrected chi connectivity index (χ3v) is 5.56. The fourth-order valence-electron chi connectivity index (χ4n) is 3.76. The summed E-state index contributed by atoms with van der Waals surface area (Å²) in [5, 5.41) is 4.85. The number of hydrogen-bond acceptors (Lipinski definition) is 4. The van der Waals surface area contributed by atoms with Gasteiger partial charge in [0.1, 0.15) is 0 Å². The van der Waals surface area contributed by atoms with E-state index in [0.717, 1.165) is 40.4 Å². The van der Waals surface area contributed by atoms with Crippen molar-refractivity contribution in [1.82, 2.24) is 9.88 Å². The van der Waals surface area contributed by atoms with Gasteiger partial charge in [-0.1, -0.05) is 11.6 Å². The summed E-state index contributed by atoms with van der Waals surface area (Å²) in [6.45, 7) is 4.58. The summed E-state index contributed by atoms with van der Waals surface area (Å²) in [6.07, 6.45) is 0. The van der Waals surface area contributed by atoms with Crippen LogP contribution in [-0.2, 0) is 4.79 Å². The molecule has 0 aliphatic carbocycles. The Morgan fingerprint density at radius 2 is 1.93 bits per heavy atom. The van der Waals surface area contributed by atoms with Crippen molar-refractivity contribution in [3.8, 4) is 0 Å². The number of H-pyrrole nitrogens is 1. The molecule has 1 aliphatic rings. The summed E-state index contributed by atoms with van der Waals surface area (Å²) in [5.41, 5.74) is 2.63.